The van der Waals surface area contributed by atoms with E-state index >= 15 is 0 Å². The van der Waals surface area contributed by atoms with E-state index in [1.54, 1.807) is 19.9 Å². The van der Waals surface area contributed by atoms with Crippen LogP contribution in [0.15, 0.2) is 58.5 Å². The van der Waals surface area contributed by atoms with Gasteiger partial charge in [0.05, 0.1) is 23.6 Å². The number of ether oxygens (including phenoxy) is 2. The summed E-state index contributed by atoms with van der Waals surface area (Å²) in [5.41, 5.74) is 1.24. The first-order chi connectivity index (χ1) is 19.0. The number of aliphatic hydroxyl groups is 1. The molecule has 2 bridgehead atoms. The van der Waals surface area contributed by atoms with Crippen LogP contribution in [0.2, 0.25) is 0 Å². The van der Waals surface area contributed by atoms with E-state index in [-0.39, 0.29) is 46.9 Å². The van der Waals surface area contributed by atoms with Crippen LogP contribution in [0, 0.1) is 11.8 Å². The van der Waals surface area contributed by atoms with Crippen LogP contribution < -0.4 is 10.6 Å². The number of hydrogen-bond acceptors (Lipinski definition) is 8. The van der Waals surface area contributed by atoms with Crippen LogP contribution in [0.4, 0.5) is 0 Å². The number of amides is 1. The molecule has 1 amide bonds. The van der Waals surface area contributed by atoms with Crippen molar-refractivity contribution in [1.82, 2.24) is 10.6 Å². The first-order valence-electron chi connectivity index (χ1n) is 13.9. The molecular weight excluding hydrogens is 512 g/mol. The Morgan fingerprint density at radius 3 is 2.33 bits per heavy atom. The highest BCUT2D eigenvalue weighted by molar-refractivity contribution is 6.23. The number of ketones is 3. The maximum atomic E-state index is 13.6. The quantitative estimate of drug-likeness (QED) is 0.452. The number of fused-ring (bicyclic) bond motifs is 2. The molecule has 1 heterocycles. The molecule has 3 N–H and O–H groups in total. The second kappa shape index (κ2) is 14.0. The standard InChI is InChI=1S/C31H42N2O7/c1-17-13-22-27(32-21-10-8-11-21)24(34)16-23(30(22)37)33-31(38)18(2)9-7-12-25(39-5)28(35)19(3)15-20(4)29(36)26(14-17)40-6/h7,9,12,15-17,20-21,25-26,29,32,36H,8,10-11,13-14H2,1-6H3,(H,33,38)/b12-7-,18-9+,19-15+/t17-,20+,25+,26+,29-/m1/s1. The maximum Gasteiger partial charge on any atom is 0.251 e. The molecule has 0 aromatic rings. The molecule has 1 saturated carbocycles. The minimum Gasteiger partial charge on any atom is -0.390 e. The van der Waals surface area contributed by atoms with Crippen molar-refractivity contribution in [2.24, 2.45) is 11.8 Å². The molecule has 40 heavy (non-hydrogen) atoms. The van der Waals surface area contributed by atoms with Gasteiger partial charge in [-0.05, 0) is 63.5 Å². The number of hydrogen-bond donors (Lipinski definition) is 3. The molecule has 0 radical (unpaired) electrons. The van der Waals surface area contributed by atoms with Crippen molar-refractivity contribution >= 4 is 23.3 Å². The Kier molecular flexibility index (Phi) is 11.0. The van der Waals surface area contributed by atoms with E-state index in [4.69, 9.17) is 9.47 Å². The summed E-state index contributed by atoms with van der Waals surface area (Å²) >= 11 is 0. The number of nitrogens with one attached hydrogen (secondary N) is 2. The summed E-state index contributed by atoms with van der Waals surface area (Å²) in [6, 6.07) is 0.135. The molecular formula is C31H42N2O7. The van der Waals surface area contributed by atoms with Crippen molar-refractivity contribution in [2.45, 2.75) is 84.2 Å². The van der Waals surface area contributed by atoms with E-state index in [0.717, 1.165) is 19.3 Å². The lowest BCUT2D eigenvalue weighted by Gasteiger charge is -2.32. The van der Waals surface area contributed by atoms with Gasteiger partial charge in [-0.2, -0.15) is 0 Å². The molecule has 3 rings (SSSR count). The second-order valence-corrected chi connectivity index (χ2v) is 11.1. The molecule has 1 fully saturated rings. The molecule has 0 saturated heterocycles. The Morgan fingerprint density at radius 1 is 1.02 bits per heavy atom. The zero-order chi connectivity index (χ0) is 29.6. The van der Waals surface area contributed by atoms with E-state index in [2.05, 4.69) is 10.6 Å². The van der Waals surface area contributed by atoms with Gasteiger partial charge in [0.1, 0.15) is 6.10 Å². The van der Waals surface area contributed by atoms with Crippen LogP contribution in [-0.2, 0) is 28.7 Å². The maximum absolute atomic E-state index is 13.6. The lowest BCUT2D eigenvalue weighted by Crippen LogP contribution is -2.41. The van der Waals surface area contributed by atoms with Crippen LogP contribution >= 0.6 is 0 Å². The topological polar surface area (TPSA) is 131 Å². The molecule has 0 aromatic heterocycles. The SMILES string of the molecule is CO[C@H]1/C=C\C=C(/C)C(=O)NC2=CC(=O)C(NC3CCC3)=C(C[C@@H](C)C[C@H](OC)[C@H](O)[C@@H](C)/C=C(\C)C1=O)C2=O. The van der Waals surface area contributed by atoms with Crippen molar-refractivity contribution in [3.8, 4) is 0 Å². The van der Waals surface area contributed by atoms with Gasteiger partial charge in [-0.3, -0.25) is 19.2 Å². The molecule has 0 spiro atoms. The fraction of sp³-hybridized carbons (Fsp3) is 0.548. The monoisotopic (exact) mass is 554 g/mol. The van der Waals surface area contributed by atoms with Gasteiger partial charge in [-0.1, -0.05) is 32.1 Å². The lowest BCUT2D eigenvalue weighted by molar-refractivity contribution is -0.122. The highest BCUT2D eigenvalue weighted by Crippen LogP contribution is 2.30. The van der Waals surface area contributed by atoms with Crippen LogP contribution in [-0.4, -0.2) is 66.9 Å². The van der Waals surface area contributed by atoms with Crippen LogP contribution in [0.25, 0.3) is 0 Å². The minimum atomic E-state index is -0.917. The second-order valence-electron chi connectivity index (χ2n) is 11.1. The summed E-state index contributed by atoms with van der Waals surface area (Å²) < 4.78 is 11.0. The van der Waals surface area contributed by atoms with E-state index in [0.29, 0.717) is 17.6 Å². The molecule has 0 aromatic carbocycles. The molecule has 3 aliphatic rings. The summed E-state index contributed by atoms with van der Waals surface area (Å²) in [4.78, 5) is 52.7. The predicted molar refractivity (Wildman–Crippen MR) is 151 cm³/mol. The third kappa shape index (κ3) is 7.53. The molecule has 9 heteroatoms. The van der Waals surface area contributed by atoms with Gasteiger partial charge < -0.3 is 25.2 Å². The van der Waals surface area contributed by atoms with Gasteiger partial charge in [-0.25, -0.2) is 0 Å². The normalized spacial score (nSPS) is 33.3. The number of aliphatic hydroxyl groups excluding tert-OH is 1. The summed E-state index contributed by atoms with van der Waals surface area (Å²) in [5.74, 6) is -2.12. The Labute approximate surface area is 236 Å². The summed E-state index contributed by atoms with van der Waals surface area (Å²) in [5, 5.41) is 17.0. The first-order valence-corrected chi connectivity index (χ1v) is 13.9. The Hall–Kier alpha value is -3.14. The number of rotatable bonds is 4. The summed E-state index contributed by atoms with van der Waals surface area (Å²) in [6.45, 7) is 6.99. The molecule has 2 aliphatic carbocycles. The van der Waals surface area contributed by atoms with Gasteiger partial charge in [0.2, 0.25) is 11.6 Å². The summed E-state index contributed by atoms with van der Waals surface area (Å²) in [6.07, 6.45) is 8.65. The van der Waals surface area contributed by atoms with Gasteiger partial charge >= 0.3 is 0 Å². The third-order valence-corrected chi connectivity index (χ3v) is 7.86. The zero-order valence-electron chi connectivity index (χ0n) is 24.3. The molecule has 0 unspecified atom stereocenters. The number of carbonyl (C=O) groups is 4. The number of methoxy groups -OCH3 is 2. The number of Topliss-reactive ketones (excluding diaryl/α,β-unsaturated/α-hetero) is 2. The highest BCUT2D eigenvalue weighted by Gasteiger charge is 2.34. The van der Waals surface area contributed by atoms with E-state index in [9.17, 15) is 24.3 Å². The molecule has 5 atom stereocenters. The lowest BCUT2D eigenvalue weighted by atomic mass is 9.84. The van der Waals surface area contributed by atoms with Crippen molar-refractivity contribution in [3.05, 3.63) is 58.5 Å². The largest absolute Gasteiger partial charge is 0.390 e. The Balaban J connectivity index is 2.02. The molecule has 218 valence electrons. The average Bonchev–Trinajstić information content (AvgIpc) is 2.89. The molecule has 1 aliphatic heterocycles. The Bertz CT molecular complexity index is 1170. The average molecular weight is 555 g/mol. The van der Waals surface area contributed by atoms with Gasteiger partial charge in [0.15, 0.2) is 5.78 Å². The first kappa shape index (κ1) is 31.4. The smallest absolute Gasteiger partial charge is 0.251 e. The van der Waals surface area contributed by atoms with Crippen molar-refractivity contribution in [3.63, 3.8) is 0 Å². The molecule has 9 nitrogen and oxygen atoms in total. The van der Waals surface area contributed by atoms with Crippen molar-refractivity contribution in [2.75, 3.05) is 14.2 Å². The van der Waals surface area contributed by atoms with Crippen LogP contribution in [0.5, 0.6) is 0 Å². The fourth-order valence-electron chi connectivity index (χ4n) is 5.11. The van der Waals surface area contributed by atoms with Gasteiger partial charge in [0, 0.05) is 43.4 Å². The summed E-state index contributed by atoms with van der Waals surface area (Å²) in [7, 11) is 2.93. The van der Waals surface area contributed by atoms with Gasteiger partial charge in [0.25, 0.3) is 5.91 Å². The van der Waals surface area contributed by atoms with E-state index in [1.165, 1.54) is 38.5 Å². The van der Waals surface area contributed by atoms with Gasteiger partial charge in [-0.15, -0.1) is 0 Å². The highest BCUT2D eigenvalue weighted by atomic mass is 16.5. The minimum absolute atomic E-state index is 0.0762. The zero-order valence-corrected chi connectivity index (χ0v) is 24.3. The van der Waals surface area contributed by atoms with Crippen molar-refractivity contribution < 1.29 is 33.8 Å². The number of allylic oxidation sites excluding steroid dienone is 4. The van der Waals surface area contributed by atoms with Crippen LogP contribution in [0.1, 0.15) is 59.8 Å². The Morgan fingerprint density at radius 2 is 1.73 bits per heavy atom. The third-order valence-electron chi connectivity index (χ3n) is 7.86. The van der Waals surface area contributed by atoms with E-state index in [1.807, 2.05) is 13.8 Å². The predicted octanol–water partition coefficient (Wildman–Crippen LogP) is 3.01. The van der Waals surface area contributed by atoms with Crippen LogP contribution in [0.3, 0.4) is 0 Å². The van der Waals surface area contributed by atoms with E-state index < -0.39 is 35.9 Å². The fourth-order valence-corrected chi connectivity index (χ4v) is 5.11. The van der Waals surface area contributed by atoms with Crippen molar-refractivity contribution in [1.29, 1.82) is 0 Å². The number of carbonyl (C=O) groups excluding carboxylic acids is 4.